The zero-order valence-electron chi connectivity index (χ0n) is 2.68. The fraction of sp³-hybridized carbons (Fsp3) is 0. The summed E-state index contributed by atoms with van der Waals surface area (Å²) in [5.41, 5.74) is 0. The van der Waals surface area contributed by atoms with Gasteiger partial charge in [0.1, 0.15) is 0 Å². The minimum atomic E-state index is 0.611. The summed E-state index contributed by atoms with van der Waals surface area (Å²) in [4.78, 5) is 0. The van der Waals surface area contributed by atoms with Gasteiger partial charge in [0.05, 0.1) is 0 Å². The summed E-state index contributed by atoms with van der Waals surface area (Å²) in [6, 6.07) is 0. The molecular formula is H3AlBO2P. The molecule has 0 heterocycles. The number of hydrogen-bond donors (Lipinski definition) is 0. The monoisotopic (exact) mass is 104 g/mol. The van der Waals surface area contributed by atoms with Crippen LogP contribution in [0.4, 0.5) is 0 Å². The second-order valence-electron chi connectivity index (χ2n) is 0.136. The van der Waals surface area contributed by atoms with Gasteiger partial charge in [0.2, 0.25) is 0 Å². The van der Waals surface area contributed by atoms with Crippen LogP contribution in [0.25, 0.3) is 0 Å². The Morgan fingerprint density at radius 2 is 1.60 bits per heavy atom. The molecule has 0 fully saturated rings. The Morgan fingerprint density at radius 1 is 1.60 bits per heavy atom. The van der Waals surface area contributed by atoms with E-state index in [-0.39, 0.29) is 0 Å². The van der Waals surface area contributed by atoms with Crippen LogP contribution in [0.5, 0.6) is 0 Å². The summed E-state index contributed by atoms with van der Waals surface area (Å²) in [6.45, 7) is 0.667. The van der Waals surface area contributed by atoms with Crippen molar-refractivity contribution in [3.63, 3.8) is 0 Å². The third-order valence-electron chi connectivity index (χ3n) is 0. The van der Waals surface area contributed by atoms with Crippen LogP contribution in [0.2, 0.25) is 0 Å². The van der Waals surface area contributed by atoms with Gasteiger partial charge >= 0.3 is 40.7 Å². The summed E-state index contributed by atoms with van der Waals surface area (Å²) in [5.74, 6) is 0. The Labute approximate surface area is 41.4 Å². The first-order valence-corrected chi connectivity index (χ1v) is 2.10. The van der Waals surface area contributed by atoms with Crippen molar-refractivity contribution in [3.05, 3.63) is 0 Å². The van der Waals surface area contributed by atoms with E-state index in [4.69, 9.17) is 8.51 Å². The molecule has 0 aromatic heterocycles. The maximum absolute atomic E-state index is 8.77. The molecule has 0 amide bonds. The molecule has 0 aliphatic rings. The van der Waals surface area contributed by atoms with Gasteiger partial charge in [-0.3, -0.25) is 0 Å². The van der Waals surface area contributed by atoms with Crippen molar-refractivity contribution in [2.45, 2.75) is 0 Å². The molecule has 26 valence electrons. The second-order valence-corrected chi connectivity index (χ2v) is 0.408. The summed E-state index contributed by atoms with van der Waals surface area (Å²) in [5, 5.41) is 0. The van der Waals surface area contributed by atoms with Gasteiger partial charge in [-0.25, -0.2) is 0 Å². The molecule has 5 heteroatoms. The molecule has 5 heavy (non-hydrogen) atoms. The molecule has 0 aromatic carbocycles. The molecule has 0 aromatic rings. The third kappa shape index (κ3) is 81.2. The van der Waals surface area contributed by atoms with Gasteiger partial charge in [0, 0.05) is 0 Å². The minimum absolute atomic E-state index is 0.611. The molecule has 1 unspecified atom stereocenters. The predicted octanol–water partition coefficient (Wildman–Crippen LogP) is -0.941. The van der Waals surface area contributed by atoms with E-state index in [1.54, 1.807) is 0 Å². The van der Waals surface area contributed by atoms with Gasteiger partial charge in [-0.05, 0) is 0 Å². The van der Waals surface area contributed by atoms with E-state index in [9.17, 15) is 0 Å². The Bertz CT molecular complexity index is 23.6. The quantitative estimate of drug-likeness (QED) is 0.293. The Hall–Kier alpha value is 0.627. The van der Waals surface area contributed by atoms with Gasteiger partial charge < -0.3 is 0 Å². The Kier molecular flexibility index (Phi) is 42.1. The predicted molar refractivity (Wildman–Crippen MR) is 24.0 cm³/mol. The molecular weight excluding hydrogens is 101 g/mol. The third-order valence-corrected chi connectivity index (χ3v) is 0. The van der Waals surface area contributed by atoms with E-state index in [0.29, 0.717) is 23.1 Å². The summed E-state index contributed by atoms with van der Waals surface area (Å²) >= 11 is 0.611. The first-order chi connectivity index (χ1) is 2.41. The van der Waals surface area contributed by atoms with Crippen LogP contribution in [-0.2, 0) is 8.51 Å². The molecule has 0 bridgehead atoms. The Balaban J connectivity index is 0. The van der Waals surface area contributed by atoms with Gasteiger partial charge in [-0.2, -0.15) is 0 Å². The zero-order valence-corrected chi connectivity index (χ0v) is 5.25. The van der Waals surface area contributed by atoms with Gasteiger partial charge in [0.25, 0.3) is 0 Å². The Morgan fingerprint density at radius 3 is 1.60 bits per heavy atom. The molecule has 0 rings (SSSR count). The first kappa shape index (κ1) is 9.16. The molecule has 0 spiro atoms. The van der Waals surface area contributed by atoms with E-state index in [1.807, 2.05) is 9.12 Å². The van der Waals surface area contributed by atoms with Gasteiger partial charge in [-0.1, -0.05) is 0 Å². The van der Waals surface area contributed by atoms with Crippen LogP contribution in [0.15, 0.2) is 0 Å². The van der Waals surface area contributed by atoms with Crippen LogP contribution in [-0.4, -0.2) is 23.1 Å². The van der Waals surface area contributed by atoms with Crippen molar-refractivity contribution < 1.29 is 8.51 Å². The summed E-state index contributed by atoms with van der Waals surface area (Å²) in [6.07, 6.45) is 0. The van der Waals surface area contributed by atoms with Crippen LogP contribution in [0.3, 0.4) is 0 Å². The fourth-order valence-corrected chi connectivity index (χ4v) is 0. The average molecular weight is 104 g/mol. The maximum atomic E-state index is 8.77. The van der Waals surface area contributed by atoms with E-state index < -0.39 is 0 Å². The van der Waals surface area contributed by atoms with Crippen molar-refractivity contribution in [1.82, 2.24) is 0 Å². The van der Waals surface area contributed by atoms with Crippen LogP contribution < -0.4 is 0 Å². The second kappa shape index (κ2) is 23.0. The van der Waals surface area contributed by atoms with E-state index >= 15 is 0 Å². The molecule has 0 saturated carbocycles. The summed E-state index contributed by atoms with van der Waals surface area (Å²) in [7, 11) is 1.90. The van der Waals surface area contributed by atoms with Crippen molar-refractivity contribution >= 4 is 32.2 Å². The molecule has 0 aliphatic carbocycles. The molecule has 2 nitrogen and oxygen atoms in total. The topological polar surface area (TPSA) is 34.1 Å². The first-order valence-electron chi connectivity index (χ1n) is 0.858. The van der Waals surface area contributed by atoms with E-state index in [1.165, 1.54) is 0 Å². The van der Waals surface area contributed by atoms with Crippen LogP contribution in [0.1, 0.15) is 0 Å². The average Bonchev–Trinajstić information content (AvgIpc) is 1.46. The van der Waals surface area contributed by atoms with Crippen LogP contribution >= 0.6 is 9.12 Å². The molecule has 1 atom stereocenters. The fourth-order valence-electron chi connectivity index (χ4n) is 0. The van der Waals surface area contributed by atoms with Crippen molar-refractivity contribution in [1.29, 1.82) is 0 Å². The normalized spacial score (nSPS) is 2.40. The molecule has 0 saturated heterocycles. The van der Waals surface area contributed by atoms with Crippen molar-refractivity contribution in [3.8, 4) is 0 Å². The SMILES string of the molecule is O=BP.[O]=[AlH]. The molecule has 0 radical (unpaired) electrons. The van der Waals surface area contributed by atoms with Crippen molar-refractivity contribution in [2.24, 2.45) is 0 Å². The number of hydrogen-bond acceptors (Lipinski definition) is 2. The van der Waals surface area contributed by atoms with Gasteiger partial charge in [0.15, 0.2) is 0 Å². The standard InChI is InChI=1S/Al.BH2OP.O.H/c;2-1-3;;/h;3H2;;. The van der Waals surface area contributed by atoms with Gasteiger partial charge in [-0.15, -0.1) is 0 Å². The zero-order chi connectivity index (χ0) is 4.71. The van der Waals surface area contributed by atoms with Crippen LogP contribution in [0, 0.1) is 0 Å². The van der Waals surface area contributed by atoms with E-state index in [2.05, 4.69) is 0 Å². The summed E-state index contributed by atoms with van der Waals surface area (Å²) < 4.78 is 17.0. The van der Waals surface area contributed by atoms with Crippen molar-refractivity contribution in [2.75, 3.05) is 0 Å². The molecule has 0 N–H and O–H groups in total. The van der Waals surface area contributed by atoms with E-state index in [0.717, 1.165) is 0 Å². The number of rotatable bonds is 0. The molecule has 0 aliphatic heterocycles.